The summed E-state index contributed by atoms with van der Waals surface area (Å²) < 4.78 is 0. The highest BCUT2D eigenvalue weighted by molar-refractivity contribution is 7.99. The van der Waals surface area contributed by atoms with Gasteiger partial charge in [-0.2, -0.15) is 0 Å². The molecule has 0 aliphatic rings. The number of hydrogen-bond acceptors (Lipinski definition) is 4. The summed E-state index contributed by atoms with van der Waals surface area (Å²) in [5, 5.41) is 8.95. The molecule has 0 bridgehead atoms. The van der Waals surface area contributed by atoms with Gasteiger partial charge in [0.1, 0.15) is 5.69 Å². The first-order valence-corrected chi connectivity index (χ1v) is 6.14. The maximum Gasteiger partial charge on any atom is 0.267 e. The number of nitrogens with zero attached hydrogens (tertiary/aromatic N) is 1. The Hall–Kier alpha value is -1.85. The molecule has 5 heteroatoms. The van der Waals surface area contributed by atoms with Crippen LogP contribution in [-0.4, -0.2) is 16.0 Å². The van der Waals surface area contributed by atoms with Gasteiger partial charge < -0.3 is 10.8 Å². The molecule has 1 heterocycles. The summed E-state index contributed by atoms with van der Waals surface area (Å²) in [5.74, 6) is -0.534. The molecule has 92 valence electrons. The molecule has 1 aromatic carbocycles. The molecule has 0 saturated carbocycles. The van der Waals surface area contributed by atoms with Gasteiger partial charge in [0.25, 0.3) is 5.91 Å². The molecule has 18 heavy (non-hydrogen) atoms. The van der Waals surface area contributed by atoms with Crippen molar-refractivity contribution in [3.05, 3.63) is 53.9 Å². The van der Waals surface area contributed by atoms with Crippen molar-refractivity contribution in [2.45, 2.75) is 16.4 Å². The van der Waals surface area contributed by atoms with Crippen LogP contribution in [0.3, 0.4) is 0 Å². The Kier molecular flexibility index (Phi) is 3.96. The molecular weight excluding hydrogens is 248 g/mol. The maximum absolute atomic E-state index is 11.0. The molecule has 1 amide bonds. The van der Waals surface area contributed by atoms with E-state index in [1.165, 1.54) is 11.8 Å². The van der Waals surface area contributed by atoms with Crippen molar-refractivity contribution in [3.8, 4) is 0 Å². The molecular formula is C13H12N2O2S. The second kappa shape index (κ2) is 5.66. The standard InChI is InChI=1S/C13H12N2O2S/c14-13(17)12-7-11(5-6-15-12)18-10-3-1-9(8-16)2-4-10/h1-7,16H,8H2,(H2,14,17). The van der Waals surface area contributed by atoms with E-state index in [2.05, 4.69) is 4.98 Å². The number of aromatic nitrogens is 1. The third-order valence-corrected chi connectivity index (χ3v) is 3.32. The van der Waals surface area contributed by atoms with E-state index in [1.807, 2.05) is 30.3 Å². The second-order valence-corrected chi connectivity index (χ2v) is 4.79. The van der Waals surface area contributed by atoms with E-state index < -0.39 is 5.91 Å². The van der Waals surface area contributed by atoms with E-state index in [4.69, 9.17) is 10.8 Å². The summed E-state index contributed by atoms with van der Waals surface area (Å²) in [6.45, 7) is 0.0338. The number of carbonyl (C=O) groups is 1. The Bertz CT molecular complexity index is 555. The Morgan fingerprint density at radius 2 is 1.94 bits per heavy atom. The van der Waals surface area contributed by atoms with Crippen LogP contribution in [0.1, 0.15) is 16.1 Å². The molecule has 0 atom stereocenters. The van der Waals surface area contributed by atoms with E-state index in [1.54, 1.807) is 12.3 Å². The molecule has 1 aromatic heterocycles. The van der Waals surface area contributed by atoms with Gasteiger partial charge in [-0.15, -0.1) is 0 Å². The van der Waals surface area contributed by atoms with Gasteiger partial charge >= 0.3 is 0 Å². The van der Waals surface area contributed by atoms with Crippen LogP contribution in [0.4, 0.5) is 0 Å². The first-order valence-electron chi connectivity index (χ1n) is 5.32. The van der Waals surface area contributed by atoms with Crippen molar-refractivity contribution in [1.82, 2.24) is 4.98 Å². The number of aliphatic hydroxyl groups excluding tert-OH is 1. The predicted octanol–water partition coefficient (Wildman–Crippen LogP) is 1.82. The predicted molar refractivity (Wildman–Crippen MR) is 69.2 cm³/mol. The van der Waals surface area contributed by atoms with Crippen LogP contribution >= 0.6 is 11.8 Å². The average molecular weight is 260 g/mol. The third-order valence-electron chi connectivity index (χ3n) is 2.33. The highest BCUT2D eigenvalue weighted by atomic mass is 32.2. The summed E-state index contributed by atoms with van der Waals surface area (Å²) in [5.41, 5.74) is 6.30. The average Bonchev–Trinajstić information content (AvgIpc) is 2.40. The van der Waals surface area contributed by atoms with E-state index in [0.717, 1.165) is 15.4 Å². The molecule has 0 spiro atoms. The fourth-order valence-corrected chi connectivity index (χ4v) is 2.25. The highest BCUT2D eigenvalue weighted by Crippen LogP contribution is 2.27. The van der Waals surface area contributed by atoms with Gasteiger partial charge in [0.2, 0.25) is 0 Å². The number of nitrogens with two attached hydrogens (primary N) is 1. The van der Waals surface area contributed by atoms with Gasteiger partial charge in [-0.3, -0.25) is 9.78 Å². The summed E-state index contributed by atoms with van der Waals surface area (Å²) in [7, 11) is 0. The highest BCUT2D eigenvalue weighted by Gasteiger charge is 2.04. The van der Waals surface area contributed by atoms with Crippen molar-refractivity contribution in [3.63, 3.8) is 0 Å². The molecule has 0 aliphatic heterocycles. The van der Waals surface area contributed by atoms with E-state index >= 15 is 0 Å². The molecule has 2 rings (SSSR count). The van der Waals surface area contributed by atoms with Crippen LogP contribution in [0.15, 0.2) is 52.4 Å². The lowest BCUT2D eigenvalue weighted by atomic mass is 10.2. The minimum atomic E-state index is -0.534. The SMILES string of the molecule is NC(=O)c1cc(Sc2ccc(CO)cc2)ccn1. The number of primary amides is 1. The van der Waals surface area contributed by atoms with Gasteiger partial charge in [-0.1, -0.05) is 23.9 Å². The smallest absolute Gasteiger partial charge is 0.267 e. The fraction of sp³-hybridized carbons (Fsp3) is 0.0769. The Morgan fingerprint density at radius 1 is 1.22 bits per heavy atom. The molecule has 3 N–H and O–H groups in total. The molecule has 0 aliphatic carbocycles. The minimum Gasteiger partial charge on any atom is -0.392 e. The largest absolute Gasteiger partial charge is 0.392 e. The first-order chi connectivity index (χ1) is 8.69. The summed E-state index contributed by atoms with van der Waals surface area (Å²) in [6, 6.07) is 11.0. The van der Waals surface area contributed by atoms with Gasteiger partial charge in [-0.25, -0.2) is 0 Å². The lowest BCUT2D eigenvalue weighted by molar-refractivity contribution is 0.0995. The van der Waals surface area contributed by atoms with Crippen LogP contribution < -0.4 is 5.73 Å². The molecule has 0 radical (unpaired) electrons. The molecule has 0 unspecified atom stereocenters. The zero-order chi connectivity index (χ0) is 13.0. The van der Waals surface area contributed by atoms with Crippen LogP contribution in [0.25, 0.3) is 0 Å². The zero-order valence-electron chi connectivity index (χ0n) is 9.54. The quantitative estimate of drug-likeness (QED) is 0.879. The fourth-order valence-electron chi connectivity index (χ4n) is 1.41. The number of benzene rings is 1. The van der Waals surface area contributed by atoms with Crippen molar-refractivity contribution in [1.29, 1.82) is 0 Å². The lowest BCUT2D eigenvalue weighted by Gasteiger charge is -2.03. The number of aliphatic hydroxyl groups is 1. The number of carbonyl (C=O) groups excluding carboxylic acids is 1. The van der Waals surface area contributed by atoms with Gasteiger partial charge in [-0.05, 0) is 29.8 Å². The Morgan fingerprint density at radius 3 is 2.56 bits per heavy atom. The number of amides is 1. The summed E-state index contributed by atoms with van der Waals surface area (Å²) in [6.07, 6.45) is 1.56. The third kappa shape index (κ3) is 3.09. The monoisotopic (exact) mass is 260 g/mol. The van der Waals surface area contributed by atoms with Crippen molar-refractivity contribution >= 4 is 17.7 Å². The van der Waals surface area contributed by atoms with Gasteiger partial charge in [0.15, 0.2) is 0 Å². The van der Waals surface area contributed by atoms with Crippen molar-refractivity contribution in [2.24, 2.45) is 5.73 Å². The van der Waals surface area contributed by atoms with E-state index in [0.29, 0.717) is 0 Å². The van der Waals surface area contributed by atoms with Crippen molar-refractivity contribution < 1.29 is 9.90 Å². The lowest BCUT2D eigenvalue weighted by Crippen LogP contribution is -2.12. The summed E-state index contributed by atoms with van der Waals surface area (Å²) in [4.78, 5) is 16.8. The number of pyridine rings is 1. The van der Waals surface area contributed by atoms with Crippen LogP contribution in [0, 0.1) is 0 Å². The van der Waals surface area contributed by atoms with E-state index in [-0.39, 0.29) is 12.3 Å². The molecule has 0 saturated heterocycles. The Labute approximate surface area is 109 Å². The Balaban J connectivity index is 2.17. The molecule has 2 aromatic rings. The normalized spacial score (nSPS) is 10.3. The van der Waals surface area contributed by atoms with Gasteiger partial charge in [0.05, 0.1) is 6.61 Å². The number of hydrogen-bond donors (Lipinski definition) is 2. The summed E-state index contributed by atoms with van der Waals surface area (Å²) >= 11 is 1.51. The first kappa shape index (κ1) is 12.6. The maximum atomic E-state index is 11.0. The van der Waals surface area contributed by atoms with Crippen LogP contribution in [0.2, 0.25) is 0 Å². The topological polar surface area (TPSA) is 76.2 Å². The second-order valence-electron chi connectivity index (χ2n) is 3.65. The van der Waals surface area contributed by atoms with Crippen molar-refractivity contribution in [2.75, 3.05) is 0 Å². The minimum absolute atomic E-state index is 0.0338. The molecule has 0 fully saturated rings. The zero-order valence-corrected chi connectivity index (χ0v) is 10.4. The number of rotatable bonds is 4. The van der Waals surface area contributed by atoms with Crippen LogP contribution in [0.5, 0.6) is 0 Å². The van der Waals surface area contributed by atoms with E-state index in [9.17, 15) is 4.79 Å². The van der Waals surface area contributed by atoms with Gasteiger partial charge in [0, 0.05) is 16.0 Å². The van der Waals surface area contributed by atoms with Crippen LogP contribution in [-0.2, 0) is 6.61 Å². The molecule has 4 nitrogen and oxygen atoms in total.